The quantitative estimate of drug-likeness (QED) is 0.778. The fourth-order valence-corrected chi connectivity index (χ4v) is 3.98. The molecule has 1 saturated carbocycles. The smallest absolute Gasteiger partial charge is 0.274 e. The zero-order chi connectivity index (χ0) is 19.0. The minimum absolute atomic E-state index is 0.0834. The van der Waals surface area contributed by atoms with Crippen LogP contribution in [0.4, 0.5) is 4.39 Å². The van der Waals surface area contributed by atoms with Crippen molar-refractivity contribution >= 4 is 17.5 Å². The maximum Gasteiger partial charge on any atom is 0.274 e. The fourth-order valence-electron chi connectivity index (χ4n) is 3.80. The minimum Gasteiger partial charge on any atom is -0.478 e. The van der Waals surface area contributed by atoms with Gasteiger partial charge in [0.15, 0.2) is 0 Å². The predicted molar refractivity (Wildman–Crippen MR) is 99.3 cm³/mol. The molecule has 5 nitrogen and oxygen atoms in total. The van der Waals surface area contributed by atoms with Gasteiger partial charge in [0.25, 0.3) is 5.91 Å². The highest BCUT2D eigenvalue weighted by Crippen LogP contribution is 2.48. The zero-order valence-electron chi connectivity index (χ0n) is 15.1. The van der Waals surface area contributed by atoms with E-state index >= 15 is 0 Å². The van der Waals surface area contributed by atoms with E-state index in [2.05, 4.69) is 9.97 Å². The van der Waals surface area contributed by atoms with Crippen LogP contribution in [0.3, 0.4) is 0 Å². The number of amides is 1. The Hall–Kier alpha value is -2.21. The van der Waals surface area contributed by atoms with Crippen molar-refractivity contribution in [2.75, 3.05) is 13.2 Å². The van der Waals surface area contributed by atoms with E-state index in [0.29, 0.717) is 41.5 Å². The van der Waals surface area contributed by atoms with Crippen LogP contribution in [0.15, 0.2) is 30.5 Å². The standard InChI is InChI=1S/C20H21ClFN3O2/c1-12-2-4-17(21)19(24-12)20(26)25-11-14-8-13(14)9-16(25)6-7-27-18-5-3-15(22)10-23-18/h2-5,10,13-14,16H,6-9,11H2,1H3/t13-,14?,16-/m1/s1. The Balaban J connectivity index is 1.44. The van der Waals surface area contributed by atoms with Gasteiger partial charge in [0.2, 0.25) is 5.88 Å². The number of fused-ring (bicyclic) bond motifs is 1. The van der Waals surface area contributed by atoms with Crippen LogP contribution in [0, 0.1) is 24.6 Å². The molecule has 7 heteroatoms. The van der Waals surface area contributed by atoms with Crippen molar-refractivity contribution in [1.29, 1.82) is 0 Å². The van der Waals surface area contributed by atoms with E-state index in [9.17, 15) is 9.18 Å². The molecule has 1 amide bonds. The molecular weight excluding hydrogens is 369 g/mol. The van der Waals surface area contributed by atoms with Crippen LogP contribution < -0.4 is 4.74 Å². The van der Waals surface area contributed by atoms with Crippen LogP contribution in [0.5, 0.6) is 5.88 Å². The van der Waals surface area contributed by atoms with E-state index < -0.39 is 5.82 Å². The van der Waals surface area contributed by atoms with Gasteiger partial charge in [0.1, 0.15) is 11.5 Å². The second-order valence-corrected chi connectivity index (χ2v) is 7.74. The number of aromatic nitrogens is 2. The summed E-state index contributed by atoms with van der Waals surface area (Å²) in [7, 11) is 0. The van der Waals surface area contributed by atoms with E-state index in [1.165, 1.54) is 18.6 Å². The molecule has 142 valence electrons. The number of pyridine rings is 2. The monoisotopic (exact) mass is 389 g/mol. The molecule has 27 heavy (non-hydrogen) atoms. The number of nitrogens with zero attached hydrogens (tertiary/aromatic N) is 3. The maximum absolute atomic E-state index is 13.1. The minimum atomic E-state index is -0.395. The number of hydrogen-bond acceptors (Lipinski definition) is 4. The van der Waals surface area contributed by atoms with Crippen molar-refractivity contribution in [1.82, 2.24) is 14.9 Å². The highest BCUT2D eigenvalue weighted by Gasteiger charge is 2.47. The molecule has 4 rings (SSSR count). The third-order valence-electron chi connectivity index (χ3n) is 5.37. The SMILES string of the molecule is Cc1ccc(Cl)c(C(=O)N2CC3C[C@@H]3C[C@H]2CCOc2ccc(F)cn2)n1. The first-order chi connectivity index (χ1) is 13.0. The number of ether oxygens (including phenoxy) is 1. The number of carbonyl (C=O) groups is 1. The van der Waals surface area contributed by atoms with Crippen molar-refractivity contribution in [3.05, 3.63) is 52.7 Å². The van der Waals surface area contributed by atoms with Gasteiger partial charge >= 0.3 is 0 Å². The Morgan fingerprint density at radius 2 is 2.15 bits per heavy atom. The van der Waals surface area contributed by atoms with Gasteiger partial charge in [-0.1, -0.05) is 11.6 Å². The number of rotatable bonds is 5. The van der Waals surface area contributed by atoms with E-state index in [1.54, 1.807) is 12.1 Å². The van der Waals surface area contributed by atoms with Crippen molar-refractivity contribution in [2.24, 2.45) is 11.8 Å². The molecule has 2 fully saturated rings. The molecule has 2 aromatic heterocycles. The van der Waals surface area contributed by atoms with E-state index in [1.807, 2.05) is 11.8 Å². The summed E-state index contributed by atoms with van der Waals surface area (Å²) in [5.74, 6) is 1.17. The number of carbonyl (C=O) groups excluding carboxylic acids is 1. The second-order valence-electron chi connectivity index (χ2n) is 7.34. The Bertz CT molecular complexity index is 846. The lowest BCUT2D eigenvalue weighted by Crippen LogP contribution is -2.45. The third-order valence-corrected chi connectivity index (χ3v) is 5.67. The summed E-state index contributed by atoms with van der Waals surface area (Å²) in [5.41, 5.74) is 1.09. The zero-order valence-corrected chi connectivity index (χ0v) is 15.8. The van der Waals surface area contributed by atoms with Gasteiger partial charge in [-0.25, -0.2) is 14.4 Å². The molecule has 0 aromatic carbocycles. The van der Waals surface area contributed by atoms with Gasteiger partial charge in [-0.05, 0) is 49.8 Å². The summed E-state index contributed by atoms with van der Waals surface area (Å²) in [6.07, 6.45) is 3.97. The Morgan fingerprint density at radius 3 is 2.93 bits per heavy atom. The summed E-state index contributed by atoms with van der Waals surface area (Å²) < 4.78 is 18.6. The first-order valence-electron chi connectivity index (χ1n) is 9.19. The molecule has 1 aliphatic heterocycles. The predicted octanol–water partition coefficient (Wildman–Crippen LogP) is 3.90. The molecule has 0 bridgehead atoms. The lowest BCUT2D eigenvalue weighted by molar-refractivity contribution is 0.0559. The van der Waals surface area contributed by atoms with E-state index in [-0.39, 0.29) is 11.9 Å². The molecule has 1 aliphatic carbocycles. The van der Waals surface area contributed by atoms with Crippen LogP contribution in [0.25, 0.3) is 0 Å². The second kappa shape index (κ2) is 7.43. The van der Waals surface area contributed by atoms with Crippen molar-refractivity contribution in [3.8, 4) is 5.88 Å². The van der Waals surface area contributed by atoms with Crippen LogP contribution in [0.1, 0.15) is 35.4 Å². The molecule has 2 aliphatic rings. The lowest BCUT2D eigenvalue weighted by atomic mass is 9.99. The number of halogens is 2. The van der Waals surface area contributed by atoms with Crippen LogP contribution >= 0.6 is 11.6 Å². The summed E-state index contributed by atoms with van der Waals surface area (Å²) in [5, 5.41) is 0.383. The van der Waals surface area contributed by atoms with Gasteiger partial charge in [0, 0.05) is 30.8 Å². The van der Waals surface area contributed by atoms with Gasteiger partial charge in [0.05, 0.1) is 17.8 Å². The summed E-state index contributed by atoms with van der Waals surface area (Å²) in [4.78, 5) is 23.3. The van der Waals surface area contributed by atoms with Crippen LogP contribution in [-0.4, -0.2) is 40.0 Å². The highest BCUT2D eigenvalue weighted by atomic mass is 35.5. The topological polar surface area (TPSA) is 55.3 Å². The molecule has 0 radical (unpaired) electrons. The Morgan fingerprint density at radius 1 is 1.30 bits per heavy atom. The third kappa shape index (κ3) is 4.05. The van der Waals surface area contributed by atoms with Gasteiger partial charge in [-0.2, -0.15) is 0 Å². The molecule has 1 unspecified atom stereocenters. The first-order valence-corrected chi connectivity index (χ1v) is 9.57. The lowest BCUT2D eigenvalue weighted by Gasteiger charge is -2.35. The first kappa shape index (κ1) is 18.2. The van der Waals surface area contributed by atoms with Crippen LogP contribution in [-0.2, 0) is 0 Å². The average Bonchev–Trinajstić information content (AvgIpc) is 3.42. The van der Waals surface area contributed by atoms with Crippen molar-refractivity contribution < 1.29 is 13.9 Å². The van der Waals surface area contributed by atoms with Crippen LogP contribution in [0.2, 0.25) is 5.02 Å². The average molecular weight is 390 g/mol. The Labute approximate surface area is 162 Å². The molecule has 3 heterocycles. The molecule has 2 aromatic rings. The largest absolute Gasteiger partial charge is 0.478 e. The fraction of sp³-hybridized carbons (Fsp3) is 0.450. The summed E-state index contributed by atoms with van der Waals surface area (Å²) in [6.45, 7) is 3.01. The highest BCUT2D eigenvalue weighted by molar-refractivity contribution is 6.33. The van der Waals surface area contributed by atoms with E-state index in [0.717, 1.165) is 24.9 Å². The number of likely N-dealkylation sites (tertiary alicyclic amines) is 1. The summed E-state index contributed by atoms with van der Waals surface area (Å²) >= 11 is 6.23. The van der Waals surface area contributed by atoms with Crippen molar-refractivity contribution in [2.45, 2.75) is 32.2 Å². The molecule has 1 saturated heterocycles. The maximum atomic E-state index is 13.1. The number of hydrogen-bond donors (Lipinski definition) is 0. The van der Waals surface area contributed by atoms with E-state index in [4.69, 9.17) is 16.3 Å². The molecular formula is C20H21ClFN3O2. The molecule has 0 N–H and O–H groups in total. The Kier molecular flexibility index (Phi) is 5.00. The van der Waals surface area contributed by atoms with Gasteiger partial charge < -0.3 is 9.64 Å². The number of aryl methyl sites for hydroxylation is 1. The molecule has 3 atom stereocenters. The van der Waals surface area contributed by atoms with Crippen molar-refractivity contribution in [3.63, 3.8) is 0 Å². The molecule has 0 spiro atoms. The van der Waals surface area contributed by atoms with Gasteiger partial charge in [-0.3, -0.25) is 4.79 Å². The van der Waals surface area contributed by atoms with Gasteiger partial charge in [-0.15, -0.1) is 0 Å². The number of piperidine rings is 1. The summed E-state index contributed by atoms with van der Waals surface area (Å²) in [6, 6.07) is 6.43. The normalized spacial score (nSPS) is 23.7.